The number of carbonyl (C=O) groups is 1. The Morgan fingerprint density at radius 2 is 2.38 bits per heavy atom. The molecule has 1 aliphatic heterocycles. The maximum atomic E-state index is 12.2. The first-order valence-electron chi connectivity index (χ1n) is 5.45. The van der Waals surface area contributed by atoms with Crippen molar-refractivity contribution in [1.29, 1.82) is 0 Å². The van der Waals surface area contributed by atoms with Gasteiger partial charge in [-0.05, 0) is 26.1 Å². The van der Waals surface area contributed by atoms with Crippen molar-refractivity contribution in [2.45, 2.75) is 19.0 Å². The van der Waals surface area contributed by atoms with Crippen LogP contribution in [0, 0.1) is 0 Å². The molecule has 0 bridgehead atoms. The predicted molar refractivity (Wildman–Crippen MR) is 61.4 cm³/mol. The number of H-pyrrole nitrogens is 1. The van der Waals surface area contributed by atoms with Crippen molar-refractivity contribution in [3.63, 3.8) is 0 Å². The topological polar surface area (TPSA) is 57.4 Å². The van der Waals surface area contributed by atoms with Gasteiger partial charge in [0, 0.05) is 6.20 Å². The van der Waals surface area contributed by atoms with Gasteiger partial charge in [-0.25, -0.2) is 0 Å². The first-order valence-corrected chi connectivity index (χ1v) is 5.45. The molecule has 0 spiro atoms. The largest absolute Gasteiger partial charge is 0.377 e. The van der Waals surface area contributed by atoms with Crippen LogP contribution in [0.4, 0.5) is 5.82 Å². The second-order valence-electron chi connectivity index (χ2n) is 3.99. The number of hydrogen-bond acceptors (Lipinski definition) is 3. The van der Waals surface area contributed by atoms with Crippen LogP contribution in [0.5, 0.6) is 0 Å². The number of rotatable bonds is 2. The lowest BCUT2D eigenvalue weighted by molar-refractivity contribution is -0.120. The van der Waals surface area contributed by atoms with Crippen LogP contribution in [0.15, 0.2) is 18.3 Å². The maximum absolute atomic E-state index is 12.2. The van der Waals surface area contributed by atoms with Crippen LogP contribution in [-0.4, -0.2) is 43.2 Å². The summed E-state index contributed by atoms with van der Waals surface area (Å²) in [6, 6.07) is 3.56. The van der Waals surface area contributed by atoms with Crippen LogP contribution >= 0.6 is 0 Å². The fourth-order valence-electron chi connectivity index (χ4n) is 1.92. The van der Waals surface area contributed by atoms with Gasteiger partial charge in [-0.15, -0.1) is 0 Å². The molecule has 5 nitrogen and oxygen atoms in total. The van der Waals surface area contributed by atoms with E-state index < -0.39 is 0 Å². The number of anilines is 1. The van der Waals surface area contributed by atoms with Crippen LogP contribution in [-0.2, 0) is 9.53 Å². The second-order valence-corrected chi connectivity index (χ2v) is 3.99. The molecule has 2 rings (SSSR count). The van der Waals surface area contributed by atoms with Gasteiger partial charge in [0.25, 0.3) is 0 Å². The molecular formula is C11H17N3O2. The van der Waals surface area contributed by atoms with Crippen molar-refractivity contribution in [3.8, 4) is 0 Å². The normalized spacial score (nSPS) is 26.9. The van der Waals surface area contributed by atoms with E-state index in [1.165, 1.54) is 0 Å². The van der Waals surface area contributed by atoms with Crippen LogP contribution < -0.4 is 10.2 Å². The molecule has 5 heteroatoms. The summed E-state index contributed by atoms with van der Waals surface area (Å²) in [4.78, 5) is 17.1. The van der Waals surface area contributed by atoms with Gasteiger partial charge < -0.3 is 15.0 Å². The first-order chi connectivity index (χ1) is 7.74. The number of aromatic nitrogens is 1. The molecule has 1 saturated heterocycles. The molecule has 1 aliphatic rings. The summed E-state index contributed by atoms with van der Waals surface area (Å²) in [7, 11) is 1.77. The minimum Gasteiger partial charge on any atom is -0.377 e. The molecule has 1 amide bonds. The highest BCUT2D eigenvalue weighted by atomic mass is 16.5. The van der Waals surface area contributed by atoms with Gasteiger partial charge in [0.2, 0.25) is 5.91 Å². The molecule has 2 unspecified atom stereocenters. The molecule has 1 fully saturated rings. The van der Waals surface area contributed by atoms with Gasteiger partial charge in [-0.1, -0.05) is 0 Å². The van der Waals surface area contributed by atoms with Gasteiger partial charge in [0.05, 0.1) is 19.3 Å². The highest BCUT2D eigenvalue weighted by Crippen LogP contribution is 2.18. The summed E-state index contributed by atoms with van der Waals surface area (Å²) >= 11 is 0. The first kappa shape index (κ1) is 11.2. The Balaban J connectivity index is 2.27. The van der Waals surface area contributed by atoms with Gasteiger partial charge in [-0.3, -0.25) is 9.69 Å². The minimum absolute atomic E-state index is 0.0458. The van der Waals surface area contributed by atoms with Crippen molar-refractivity contribution < 1.29 is 9.53 Å². The second kappa shape index (κ2) is 4.67. The highest BCUT2D eigenvalue weighted by Gasteiger charge is 2.31. The number of carbonyl (C=O) groups excluding carboxylic acids is 1. The zero-order valence-corrected chi connectivity index (χ0v) is 9.56. The van der Waals surface area contributed by atoms with Gasteiger partial charge >= 0.3 is 0 Å². The van der Waals surface area contributed by atoms with Gasteiger partial charge in [0.15, 0.2) is 0 Å². The Hall–Kier alpha value is -1.33. The molecule has 0 aliphatic carbocycles. The Morgan fingerprint density at radius 1 is 1.56 bits per heavy atom. The standard InChI is InChI=1S/C11H17N3O2/c1-8-6-16-7-9(12-2)11(15)14(8)10-4-3-5-13-10/h3-5,8-9,12-13H,6-7H2,1-2H3. The van der Waals surface area contributed by atoms with E-state index in [0.717, 1.165) is 5.82 Å². The van der Waals surface area contributed by atoms with Gasteiger partial charge in [0.1, 0.15) is 11.9 Å². The lowest BCUT2D eigenvalue weighted by Crippen LogP contribution is -2.49. The summed E-state index contributed by atoms with van der Waals surface area (Å²) in [6.07, 6.45) is 1.81. The molecule has 2 heterocycles. The third kappa shape index (κ3) is 1.96. The number of hydrogen-bond donors (Lipinski definition) is 2. The van der Waals surface area contributed by atoms with E-state index in [9.17, 15) is 4.79 Å². The molecule has 88 valence electrons. The molecule has 0 aromatic carbocycles. The average Bonchev–Trinajstić information content (AvgIpc) is 2.73. The zero-order chi connectivity index (χ0) is 11.5. The van der Waals surface area contributed by atoms with Crippen molar-refractivity contribution in [2.75, 3.05) is 25.2 Å². The lowest BCUT2D eigenvalue weighted by Gasteiger charge is -2.26. The van der Waals surface area contributed by atoms with E-state index in [1.54, 1.807) is 11.9 Å². The molecule has 0 saturated carbocycles. The molecule has 2 atom stereocenters. The van der Waals surface area contributed by atoms with E-state index in [0.29, 0.717) is 13.2 Å². The Kier molecular flexibility index (Phi) is 3.26. The fourth-order valence-corrected chi connectivity index (χ4v) is 1.92. The van der Waals surface area contributed by atoms with E-state index in [-0.39, 0.29) is 18.0 Å². The number of ether oxygens (including phenoxy) is 1. The van der Waals surface area contributed by atoms with E-state index in [2.05, 4.69) is 10.3 Å². The molecular weight excluding hydrogens is 206 g/mol. The fraction of sp³-hybridized carbons (Fsp3) is 0.545. The summed E-state index contributed by atoms with van der Waals surface area (Å²) in [5.41, 5.74) is 0. The monoisotopic (exact) mass is 223 g/mol. The Bertz CT molecular complexity index is 350. The molecule has 16 heavy (non-hydrogen) atoms. The van der Waals surface area contributed by atoms with Crippen LogP contribution in [0.1, 0.15) is 6.92 Å². The molecule has 0 radical (unpaired) electrons. The highest BCUT2D eigenvalue weighted by molar-refractivity contribution is 5.97. The predicted octanol–water partition coefficient (Wildman–Crippen LogP) is 0.354. The molecule has 1 aromatic rings. The summed E-state index contributed by atoms with van der Waals surface area (Å²) in [5.74, 6) is 0.873. The van der Waals surface area contributed by atoms with Crippen LogP contribution in [0.25, 0.3) is 0 Å². The summed E-state index contributed by atoms with van der Waals surface area (Å²) in [6.45, 7) is 2.97. The van der Waals surface area contributed by atoms with Gasteiger partial charge in [-0.2, -0.15) is 0 Å². The minimum atomic E-state index is -0.270. The van der Waals surface area contributed by atoms with Crippen molar-refractivity contribution in [3.05, 3.63) is 18.3 Å². The smallest absolute Gasteiger partial charge is 0.247 e. The number of amides is 1. The zero-order valence-electron chi connectivity index (χ0n) is 9.56. The van der Waals surface area contributed by atoms with Crippen LogP contribution in [0.3, 0.4) is 0 Å². The quantitative estimate of drug-likeness (QED) is 0.761. The Labute approximate surface area is 94.8 Å². The van der Waals surface area contributed by atoms with Crippen molar-refractivity contribution in [1.82, 2.24) is 10.3 Å². The Morgan fingerprint density at radius 3 is 3.00 bits per heavy atom. The molecule has 1 aromatic heterocycles. The number of aromatic amines is 1. The maximum Gasteiger partial charge on any atom is 0.247 e. The third-order valence-electron chi connectivity index (χ3n) is 2.81. The number of nitrogens with zero attached hydrogens (tertiary/aromatic N) is 1. The number of nitrogens with one attached hydrogen (secondary N) is 2. The summed E-state index contributed by atoms with van der Waals surface area (Å²) < 4.78 is 5.47. The van der Waals surface area contributed by atoms with Crippen molar-refractivity contribution in [2.24, 2.45) is 0 Å². The van der Waals surface area contributed by atoms with Crippen LogP contribution in [0.2, 0.25) is 0 Å². The van der Waals surface area contributed by atoms with E-state index in [1.807, 2.05) is 25.3 Å². The number of likely N-dealkylation sites (N-methyl/N-ethyl adjacent to an activating group) is 1. The average molecular weight is 223 g/mol. The van der Waals surface area contributed by atoms with E-state index >= 15 is 0 Å². The summed E-state index contributed by atoms with van der Waals surface area (Å²) in [5, 5.41) is 2.98. The van der Waals surface area contributed by atoms with Crippen molar-refractivity contribution >= 4 is 11.7 Å². The lowest BCUT2D eigenvalue weighted by atomic mass is 10.2. The molecule has 2 N–H and O–H groups in total. The van der Waals surface area contributed by atoms with E-state index in [4.69, 9.17) is 4.74 Å². The SMILES string of the molecule is CNC1COCC(C)N(c2ccc[nH]2)C1=O. The third-order valence-corrected chi connectivity index (χ3v) is 2.81.